The molecule has 19 heavy (non-hydrogen) atoms. The van der Waals surface area contributed by atoms with Crippen molar-refractivity contribution in [3.05, 3.63) is 35.9 Å². The summed E-state index contributed by atoms with van der Waals surface area (Å²) in [6.07, 6.45) is 3.20. The average molecular weight is 279 g/mol. The number of rotatable bonds is 8. The van der Waals surface area contributed by atoms with Crippen LogP contribution in [0.2, 0.25) is 0 Å². The Morgan fingerprint density at radius 2 is 2.05 bits per heavy atom. The van der Waals surface area contributed by atoms with Crippen molar-refractivity contribution < 1.29 is 9.90 Å². The van der Waals surface area contributed by atoms with Crippen molar-refractivity contribution >= 4 is 17.7 Å². The Bertz CT molecular complexity index is 392. The summed E-state index contributed by atoms with van der Waals surface area (Å²) in [5.74, 6) is 1.67. The lowest BCUT2D eigenvalue weighted by atomic mass is 10.2. The van der Waals surface area contributed by atoms with E-state index in [9.17, 15) is 4.79 Å². The second kappa shape index (κ2) is 7.56. The van der Waals surface area contributed by atoms with Crippen molar-refractivity contribution in [3.63, 3.8) is 0 Å². The first-order chi connectivity index (χ1) is 9.31. The molecule has 104 valence electrons. The highest BCUT2D eigenvalue weighted by molar-refractivity contribution is 7.99. The number of carbonyl (C=O) groups is 1. The molecule has 1 N–H and O–H groups in total. The molecule has 0 unspecified atom stereocenters. The molecule has 0 bridgehead atoms. The third kappa shape index (κ3) is 4.88. The van der Waals surface area contributed by atoms with E-state index in [1.807, 2.05) is 23.1 Å². The van der Waals surface area contributed by atoms with Gasteiger partial charge in [-0.05, 0) is 30.6 Å². The summed E-state index contributed by atoms with van der Waals surface area (Å²) in [5.41, 5.74) is 1.32. The zero-order valence-electron chi connectivity index (χ0n) is 11.1. The van der Waals surface area contributed by atoms with Gasteiger partial charge in [-0.25, -0.2) is 0 Å². The van der Waals surface area contributed by atoms with Crippen molar-refractivity contribution in [2.75, 3.05) is 24.7 Å². The quantitative estimate of drug-likeness (QED) is 0.739. The predicted octanol–water partition coefficient (Wildman–Crippen LogP) is 1.95. The summed E-state index contributed by atoms with van der Waals surface area (Å²) < 4.78 is 0. The van der Waals surface area contributed by atoms with E-state index in [0.29, 0.717) is 18.3 Å². The van der Waals surface area contributed by atoms with Crippen LogP contribution in [0.25, 0.3) is 0 Å². The lowest BCUT2D eigenvalue weighted by molar-refractivity contribution is -0.129. The van der Waals surface area contributed by atoms with Gasteiger partial charge in [-0.15, -0.1) is 0 Å². The molecule has 3 nitrogen and oxygen atoms in total. The number of carbonyl (C=O) groups excluding carboxylic acids is 1. The van der Waals surface area contributed by atoms with Crippen LogP contribution in [0.3, 0.4) is 0 Å². The van der Waals surface area contributed by atoms with Crippen LogP contribution in [0.4, 0.5) is 0 Å². The summed E-state index contributed by atoms with van der Waals surface area (Å²) in [7, 11) is 0. The predicted molar refractivity (Wildman–Crippen MR) is 79.3 cm³/mol. The molecule has 0 aromatic heterocycles. The monoisotopic (exact) mass is 279 g/mol. The van der Waals surface area contributed by atoms with Gasteiger partial charge >= 0.3 is 0 Å². The fraction of sp³-hybridized carbons (Fsp3) is 0.533. The number of benzene rings is 1. The van der Waals surface area contributed by atoms with E-state index >= 15 is 0 Å². The van der Waals surface area contributed by atoms with Gasteiger partial charge in [0.15, 0.2) is 0 Å². The van der Waals surface area contributed by atoms with Crippen LogP contribution in [0.15, 0.2) is 30.3 Å². The Balaban J connectivity index is 1.65. The maximum Gasteiger partial charge on any atom is 0.232 e. The summed E-state index contributed by atoms with van der Waals surface area (Å²) in [4.78, 5) is 13.9. The molecule has 1 saturated carbocycles. The molecule has 0 heterocycles. The van der Waals surface area contributed by atoms with E-state index in [-0.39, 0.29) is 12.5 Å². The van der Waals surface area contributed by atoms with Gasteiger partial charge in [0.05, 0.1) is 12.4 Å². The first-order valence-electron chi connectivity index (χ1n) is 6.83. The SMILES string of the molecule is O=C(CSCCc1ccccc1)N(CCO)C1CC1. The van der Waals surface area contributed by atoms with Crippen LogP contribution in [0.1, 0.15) is 18.4 Å². The van der Waals surface area contributed by atoms with E-state index in [0.717, 1.165) is 25.0 Å². The average Bonchev–Trinajstić information content (AvgIpc) is 3.26. The third-order valence-corrected chi connectivity index (χ3v) is 4.20. The van der Waals surface area contributed by atoms with Gasteiger partial charge in [-0.1, -0.05) is 30.3 Å². The Morgan fingerprint density at radius 3 is 2.68 bits per heavy atom. The topological polar surface area (TPSA) is 40.5 Å². The van der Waals surface area contributed by atoms with Crippen molar-refractivity contribution in [2.45, 2.75) is 25.3 Å². The van der Waals surface area contributed by atoms with Gasteiger partial charge in [0.1, 0.15) is 0 Å². The molecule has 1 aromatic carbocycles. The van der Waals surface area contributed by atoms with Crippen LogP contribution in [0.5, 0.6) is 0 Å². The molecule has 4 heteroatoms. The third-order valence-electron chi connectivity index (χ3n) is 3.25. The van der Waals surface area contributed by atoms with E-state index < -0.39 is 0 Å². The molecule has 0 spiro atoms. The molecule has 1 amide bonds. The molecule has 1 fully saturated rings. The number of aryl methyl sites for hydroxylation is 1. The Morgan fingerprint density at radius 1 is 1.32 bits per heavy atom. The molecule has 1 aliphatic carbocycles. The molecular formula is C15H21NO2S. The van der Waals surface area contributed by atoms with Gasteiger partial charge in [-0.3, -0.25) is 4.79 Å². The van der Waals surface area contributed by atoms with E-state index in [1.54, 1.807) is 11.8 Å². The van der Waals surface area contributed by atoms with Gasteiger partial charge in [0.25, 0.3) is 0 Å². The second-order valence-electron chi connectivity index (χ2n) is 4.83. The molecule has 0 radical (unpaired) electrons. The molecule has 0 aliphatic heterocycles. The van der Waals surface area contributed by atoms with Crippen LogP contribution in [0, 0.1) is 0 Å². The van der Waals surface area contributed by atoms with Crippen molar-refractivity contribution in [2.24, 2.45) is 0 Å². The minimum Gasteiger partial charge on any atom is -0.395 e. The Hall–Kier alpha value is -1.00. The molecule has 1 aliphatic rings. The summed E-state index contributed by atoms with van der Waals surface area (Å²) >= 11 is 1.68. The van der Waals surface area contributed by atoms with E-state index in [1.165, 1.54) is 5.56 Å². The van der Waals surface area contributed by atoms with Crippen LogP contribution in [-0.4, -0.2) is 46.6 Å². The Kier molecular flexibility index (Phi) is 5.73. The van der Waals surface area contributed by atoms with Gasteiger partial charge in [0, 0.05) is 12.6 Å². The molecule has 0 saturated heterocycles. The smallest absolute Gasteiger partial charge is 0.232 e. The highest BCUT2D eigenvalue weighted by atomic mass is 32.2. The molecule has 1 aromatic rings. The van der Waals surface area contributed by atoms with Crippen LogP contribution in [-0.2, 0) is 11.2 Å². The maximum atomic E-state index is 12.0. The van der Waals surface area contributed by atoms with Crippen molar-refractivity contribution in [1.29, 1.82) is 0 Å². The zero-order chi connectivity index (χ0) is 13.5. The summed E-state index contributed by atoms with van der Waals surface area (Å²) in [6.45, 7) is 0.555. The van der Waals surface area contributed by atoms with Crippen LogP contribution < -0.4 is 0 Å². The number of aliphatic hydroxyl groups is 1. The lowest BCUT2D eigenvalue weighted by Gasteiger charge is -2.21. The number of hydrogen-bond donors (Lipinski definition) is 1. The maximum absolute atomic E-state index is 12.0. The van der Waals surface area contributed by atoms with E-state index in [2.05, 4.69) is 12.1 Å². The fourth-order valence-electron chi connectivity index (χ4n) is 2.08. The van der Waals surface area contributed by atoms with Crippen LogP contribution >= 0.6 is 11.8 Å². The normalized spacial score (nSPS) is 14.4. The standard InChI is InChI=1S/C15H21NO2S/c17-10-9-16(14-6-7-14)15(18)12-19-11-8-13-4-2-1-3-5-13/h1-5,14,17H,6-12H2. The molecular weight excluding hydrogens is 258 g/mol. The second-order valence-corrected chi connectivity index (χ2v) is 5.94. The lowest BCUT2D eigenvalue weighted by Crippen LogP contribution is -2.36. The minimum atomic E-state index is 0.0664. The first-order valence-corrected chi connectivity index (χ1v) is 7.98. The number of aliphatic hydroxyl groups excluding tert-OH is 1. The number of nitrogens with zero attached hydrogens (tertiary/aromatic N) is 1. The van der Waals surface area contributed by atoms with Gasteiger partial charge < -0.3 is 10.0 Å². The number of thioether (sulfide) groups is 1. The largest absolute Gasteiger partial charge is 0.395 e. The molecule has 2 rings (SSSR count). The number of amides is 1. The number of hydrogen-bond acceptors (Lipinski definition) is 3. The zero-order valence-corrected chi connectivity index (χ0v) is 11.9. The Labute approximate surface area is 119 Å². The van der Waals surface area contributed by atoms with Gasteiger partial charge in [-0.2, -0.15) is 11.8 Å². The highest BCUT2D eigenvalue weighted by Crippen LogP contribution is 2.27. The minimum absolute atomic E-state index is 0.0664. The molecule has 0 atom stereocenters. The summed E-state index contributed by atoms with van der Waals surface area (Å²) in [6, 6.07) is 10.7. The fourth-order valence-corrected chi connectivity index (χ4v) is 2.95. The van der Waals surface area contributed by atoms with E-state index in [4.69, 9.17) is 5.11 Å². The van der Waals surface area contributed by atoms with Gasteiger partial charge in [0.2, 0.25) is 5.91 Å². The first kappa shape index (κ1) is 14.4. The van der Waals surface area contributed by atoms with Crippen molar-refractivity contribution in [1.82, 2.24) is 4.90 Å². The summed E-state index contributed by atoms with van der Waals surface area (Å²) in [5, 5.41) is 8.98. The van der Waals surface area contributed by atoms with Crippen molar-refractivity contribution in [3.8, 4) is 0 Å². The highest BCUT2D eigenvalue weighted by Gasteiger charge is 2.31.